The first-order valence-corrected chi connectivity index (χ1v) is 10.0. The van der Waals surface area contributed by atoms with Crippen molar-refractivity contribution in [3.63, 3.8) is 0 Å². The predicted octanol–water partition coefficient (Wildman–Crippen LogP) is 3.87. The van der Waals surface area contributed by atoms with E-state index in [1.54, 1.807) is 23.6 Å². The molecule has 0 saturated carbocycles. The van der Waals surface area contributed by atoms with Gasteiger partial charge in [-0.05, 0) is 36.2 Å². The van der Waals surface area contributed by atoms with E-state index >= 15 is 0 Å². The summed E-state index contributed by atoms with van der Waals surface area (Å²) in [6, 6.07) is 12.7. The van der Waals surface area contributed by atoms with Crippen LogP contribution in [0.3, 0.4) is 0 Å². The van der Waals surface area contributed by atoms with Crippen LogP contribution in [0.5, 0.6) is 11.5 Å². The summed E-state index contributed by atoms with van der Waals surface area (Å²) >= 11 is 1.27. The number of hydrogen-bond donors (Lipinski definition) is 2. The van der Waals surface area contributed by atoms with Gasteiger partial charge in [0.25, 0.3) is 5.91 Å². The molecule has 2 aromatic carbocycles. The van der Waals surface area contributed by atoms with E-state index in [9.17, 15) is 9.59 Å². The number of benzene rings is 2. The van der Waals surface area contributed by atoms with Crippen LogP contribution in [-0.2, 0) is 17.6 Å². The third kappa shape index (κ3) is 4.38. The number of carbonyl (C=O) groups excluding carboxylic acids is 2. The van der Waals surface area contributed by atoms with Crippen LogP contribution in [0.1, 0.15) is 28.5 Å². The summed E-state index contributed by atoms with van der Waals surface area (Å²) in [5.74, 6) is 0.714. The molecule has 1 aromatic heterocycles. The summed E-state index contributed by atoms with van der Waals surface area (Å²) in [7, 11) is 0. The van der Waals surface area contributed by atoms with E-state index in [1.165, 1.54) is 11.3 Å². The van der Waals surface area contributed by atoms with Gasteiger partial charge in [-0.3, -0.25) is 14.9 Å². The van der Waals surface area contributed by atoms with Crippen LogP contribution in [0, 0.1) is 0 Å². The minimum Gasteiger partial charge on any atom is -0.454 e. The Morgan fingerprint density at radius 2 is 1.93 bits per heavy atom. The van der Waals surface area contributed by atoms with Gasteiger partial charge in [0.1, 0.15) is 0 Å². The highest BCUT2D eigenvalue weighted by Gasteiger charge is 2.17. The molecule has 7 nitrogen and oxygen atoms in total. The molecule has 2 heterocycles. The first-order valence-electron chi connectivity index (χ1n) is 9.15. The Morgan fingerprint density at radius 1 is 1.10 bits per heavy atom. The second-order valence-corrected chi connectivity index (χ2v) is 7.26. The Balaban J connectivity index is 1.37. The fourth-order valence-electron chi connectivity index (χ4n) is 2.96. The Labute approximate surface area is 171 Å². The van der Waals surface area contributed by atoms with Crippen molar-refractivity contribution in [1.29, 1.82) is 0 Å². The van der Waals surface area contributed by atoms with Crippen molar-refractivity contribution in [2.75, 3.05) is 17.4 Å². The standard InChI is InChI=1S/C21H19N3O4S/c1-2-13-5-3-4-6-16(13)23-19(25)10-15-11-29-21(22-15)24-20(26)14-7-8-17-18(9-14)28-12-27-17/h3-9,11H,2,10,12H2,1H3,(H,23,25)(H,22,24,26). The summed E-state index contributed by atoms with van der Waals surface area (Å²) in [5, 5.41) is 7.87. The lowest BCUT2D eigenvalue weighted by Gasteiger charge is -2.08. The van der Waals surface area contributed by atoms with Gasteiger partial charge in [-0.25, -0.2) is 4.98 Å². The van der Waals surface area contributed by atoms with Crippen molar-refractivity contribution < 1.29 is 19.1 Å². The monoisotopic (exact) mass is 409 g/mol. The number of nitrogens with one attached hydrogen (secondary N) is 2. The minimum absolute atomic E-state index is 0.133. The summed E-state index contributed by atoms with van der Waals surface area (Å²) in [4.78, 5) is 29.1. The summed E-state index contributed by atoms with van der Waals surface area (Å²) in [6.45, 7) is 2.20. The molecule has 0 bridgehead atoms. The first-order chi connectivity index (χ1) is 14.1. The molecule has 0 unspecified atom stereocenters. The van der Waals surface area contributed by atoms with Crippen molar-refractivity contribution in [1.82, 2.24) is 4.98 Å². The molecule has 148 valence electrons. The van der Waals surface area contributed by atoms with Gasteiger partial charge in [0.05, 0.1) is 12.1 Å². The van der Waals surface area contributed by atoms with Crippen LogP contribution in [0.15, 0.2) is 47.8 Å². The van der Waals surface area contributed by atoms with E-state index in [2.05, 4.69) is 15.6 Å². The number of aromatic nitrogens is 1. The third-order valence-corrected chi connectivity index (χ3v) is 5.23. The number of anilines is 2. The Bertz CT molecular complexity index is 1060. The van der Waals surface area contributed by atoms with Gasteiger partial charge in [-0.1, -0.05) is 25.1 Å². The number of fused-ring (bicyclic) bond motifs is 1. The van der Waals surface area contributed by atoms with E-state index in [0.717, 1.165) is 17.7 Å². The number of thiazole rings is 1. The molecule has 2 N–H and O–H groups in total. The third-order valence-electron chi connectivity index (χ3n) is 4.42. The smallest absolute Gasteiger partial charge is 0.257 e. The molecule has 0 spiro atoms. The quantitative estimate of drug-likeness (QED) is 0.645. The number of aryl methyl sites for hydroxylation is 1. The molecule has 0 aliphatic carbocycles. The van der Waals surface area contributed by atoms with Gasteiger partial charge in [0.2, 0.25) is 12.7 Å². The van der Waals surface area contributed by atoms with E-state index in [4.69, 9.17) is 9.47 Å². The molecular formula is C21H19N3O4S. The zero-order valence-electron chi connectivity index (χ0n) is 15.7. The summed E-state index contributed by atoms with van der Waals surface area (Å²) < 4.78 is 10.5. The van der Waals surface area contributed by atoms with Crippen LogP contribution in [-0.4, -0.2) is 23.6 Å². The number of carbonyl (C=O) groups is 2. The first kappa shape index (κ1) is 18.9. The number of amides is 2. The van der Waals surface area contributed by atoms with E-state index in [-0.39, 0.29) is 25.0 Å². The zero-order valence-corrected chi connectivity index (χ0v) is 16.5. The highest BCUT2D eigenvalue weighted by atomic mass is 32.1. The van der Waals surface area contributed by atoms with Crippen LogP contribution in [0.25, 0.3) is 0 Å². The van der Waals surface area contributed by atoms with Gasteiger partial charge in [0, 0.05) is 16.6 Å². The van der Waals surface area contributed by atoms with E-state index < -0.39 is 0 Å². The molecule has 4 rings (SSSR count). The van der Waals surface area contributed by atoms with Gasteiger partial charge >= 0.3 is 0 Å². The van der Waals surface area contributed by atoms with Crippen molar-refractivity contribution >= 4 is 34.0 Å². The second-order valence-electron chi connectivity index (χ2n) is 6.40. The molecule has 0 fully saturated rings. The van der Waals surface area contributed by atoms with Crippen molar-refractivity contribution in [2.45, 2.75) is 19.8 Å². The predicted molar refractivity (Wildman–Crippen MR) is 111 cm³/mol. The molecule has 1 aliphatic rings. The van der Waals surface area contributed by atoms with Crippen molar-refractivity contribution in [2.24, 2.45) is 0 Å². The fraction of sp³-hybridized carbons (Fsp3) is 0.190. The maximum atomic E-state index is 12.4. The second kappa shape index (κ2) is 8.32. The lowest BCUT2D eigenvalue weighted by molar-refractivity contribution is -0.115. The zero-order chi connectivity index (χ0) is 20.2. The van der Waals surface area contributed by atoms with Crippen molar-refractivity contribution in [3.8, 4) is 11.5 Å². The Morgan fingerprint density at radius 3 is 2.79 bits per heavy atom. The average Bonchev–Trinajstić information content (AvgIpc) is 3.36. The average molecular weight is 409 g/mol. The lowest BCUT2D eigenvalue weighted by Crippen LogP contribution is -2.16. The van der Waals surface area contributed by atoms with Crippen LogP contribution >= 0.6 is 11.3 Å². The maximum Gasteiger partial charge on any atom is 0.257 e. The number of para-hydroxylation sites is 1. The van der Waals surface area contributed by atoms with Crippen LogP contribution in [0.2, 0.25) is 0 Å². The Kier molecular flexibility index (Phi) is 5.44. The van der Waals surface area contributed by atoms with Crippen molar-refractivity contribution in [3.05, 3.63) is 64.7 Å². The number of rotatable bonds is 6. The lowest BCUT2D eigenvalue weighted by atomic mass is 10.1. The summed E-state index contributed by atoms with van der Waals surface area (Å²) in [6.07, 6.45) is 0.970. The molecule has 3 aromatic rings. The molecule has 1 aliphatic heterocycles. The van der Waals surface area contributed by atoms with Crippen LogP contribution in [0.4, 0.5) is 10.8 Å². The normalized spacial score (nSPS) is 11.9. The number of ether oxygens (including phenoxy) is 2. The molecule has 8 heteroatoms. The van der Waals surface area contributed by atoms with E-state index in [0.29, 0.717) is 27.9 Å². The summed E-state index contributed by atoms with van der Waals surface area (Å²) in [5.41, 5.74) is 2.93. The largest absolute Gasteiger partial charge is 0.454 e. The fourth-order valence-corrected chi connectivity index (χ4v) is 3.67. The Hall–Kier alpha value is -3.39. The SMILES string of the molecule is CCc1ccccc1NC(=O)Cc1csc(NC(=O)c2ccc3c(c2)OCO3)n1. The van der Waals surface area contributed by atoms with Crippen LogP contribution < -0.4 is 20.1 Å². The van der Waals surface area contributed by atoms with Gasteiger partial charge in [-0.2, -0.15) is 0 Å². The van der Waals surface area contributed by atoms with E-state index in [1.807, 2.05) is 31.2 Å². The topological polar surface area (TPSA) is 89.6 Å². The van der Waals surface area contributed by atoms with Gasteiger partial charge in [-0.15, -0.1) is 11.3 Å². The molecule has 2 amide bonds. The highest BCUT2D eigenvalue weighted by molar-refractivity contribution is 7.14. The molecule has 0 radical (unpaired) electrons. The highest BCUT2D eigenvalue weighted by Crippen LogP contribution is 2.32. The molecule has 0 saturated heterocycles. The maximum absolute atomic E-state index is 12.4. The van der Waals surface area contributed by atoms with Gasteiger partial charge < -0.3 is 14.8 Å². The minimum atomic E-state index is -0.300. The molecule has 0 atom stereocenters. The number of nitrogens with zero attached hydrogens (tertiary/aromatic N) is 1. The van der Waals surface area contributed by atoms with Gasteiger partial charge in [0.15, 0.2) is 16.6 Å². The molecule has 29 heavy (non-hydrogen) atoms. The molecular weight excluding hydrogens is 390 g/mol. The number of hydrogen-bond acceptors (Lipinski definition) is 6.